The maximum atomic E-state index is 11.4. The number of carbonyl (C=O) groups excluding carboxylic acids is 1. The highest BCUT2D eigenvalue weighted by molar-refractivity contribution is 5.86. The van der Waals surface area contributed by atoms with Gasteiger partial charge in [-0.3, -0.25) is 4.98 Å². The molecule has 1 saturated heterocycles. The average molecular weight is 221 g/mol. The van der Waals surface area contributed by atoms with Crippen molar-refractivity contribution in [2.75, 3.05) is 6.54 Å². The normalized spacial score (nSPS) is 19.6. The molecule has 16 heavy (non-hydrogen) atoms. The number of hydrogen-bond donors (Lipinski definition) is 2. The first kappa shape index (κ1) is 10.4. The minimum absolute atomic E-state index is 0.191. The summed E-state index contributed by atoms with van der Waals surface area (Å²) < 4.78 is 0. The molecular weight excluding hydrogens is 210 g/mol. The summed E-state index contributed by atoms with van der Waals surface area (Å²) in [4.78, 5) is 27.5. The molecule has 2 amide bonds. The summed E-state index contributed by atoms with van der Waals surface area (Å²) in [5, 5.41) is 11.2. The van der Waals surface area contributed by atoms with Gasteiger partial charge in [-0.25, -0.2) is 9.59 Å². The third-order valence-electron chi connectivity index (χ3n) is 2.41. The highest BCUT2D eigenvalue weighted by atomic mass is 16.4. The van der Waals surface area contributed by atoms with Gasteiger partial charge in [-0.1, -0.05) is 0 Å². The maximum absolute atomic E-state index is 11.4. The summed E-state index contributed by atoms with van der Waals surface area (Å²) in [5.41, 5.74) is 0.927. The molecule has 2 N–H and O–H groups in total. The fourth-order valence-corrected chi connectivity index (χ4v) is 1.57. The number of aromatic nitrogens is 1. The van der Waals surface area contributed by atoms with Crippen molar-refractivity contribution >= 4 is 12.0 Å². The van der Waals surface area contributed by atoms with E-state index in [4.69, 9.17) is 5.11 Å². The standard InChI is InChI=1S/C10H11N3O3/c14-9(15)8-6-13(10(16)12-8)5-7-1-3-11-4-2-7/h1-4,8H,5-6H2,(H,12,16)(H,14,15)/t8-/m1/s1. The third-order valence-corrected chi connectivity index (χ3v) is 2.41. The van der Waals surface area contributed by atoms with Gasteiger partial charge >= 0.3 is 12.0 Å². The van der Waals surface area contributed by atoms with E-state index < -0.39 is 12.0 Å². The molecule has 0 aromatic carbocycles. The molecule has 6 heteroatoms. The number of aliphatic carboxylic acids is 1. The Morgan fingerprint density at radius 1 is 1.56 bits per heavy atom. The van der Waals surface area contributed by atoms with Crippen molar-refractivity contribution in [3.8, 4) is 0 Å². The number of hydrogen-bond acceptors (Lipinski definition) is 3. The molecule has 1 aromatic rings. The minimum Gasteiger partial charge on any atom is -0.480 e. The average Bonchev–Trinajstić information content (AvgIpc) is 2.62. The Morgan fingerprint density at radius 2 is 2.25 bits per heavy atom. The van der Waals surface area contributed by atoms with Crippen molar-refractivity contribution in [3.05, 3.63) is 30.1 Å². The molecule has 6 nitrogen and oxygen atoms in total. The molecule has 1 atom stereocenters. The Labute approximate surface area is 91.9 Å². The van der Waals surface area contributed by atoms with Gasteiger partial charge in [-0.2, -0.15) is 0 Å². The predicted octanol–water partition coefficient (Wildman–Crippen LogP) is 0.0600. The number of nitrogens with zero attached hydrogens (tertiary/aromatic N) is 2. The molecule has 84 valence electrons. The fourth-order valence-electron chi connectivity index (χ4n) is 1.57. The highest BCUT2D eigenvalue weighted by Gasteiger charge is 2.33. The second-order valence-electron chi connectivity index (χ2n) is 3.58. The van der Waals surface area contributed by atoms with Crippen molar-refractivity contribution in [2.24, 2.45) is 0 Å². The summed E-state index contributed by atoms with van der Waals surface area (Å²) in [5.74, 6) is -1.01. The summed E-state index contributed by atoms with van der Waals surface area (Å²) in [6.07, 6.45) is 3.27. The van der Waals surface area contributed by atoms with Gasteiger partial charge in [-0.05, 0) is 17.7 Å². The monoisotopic (exact) mass is 221 g/mol. The molecule has 0 bridgehead atoms. The summed E-state index contributed by atoms with van der Waals surface area (Å²) in [6, 6.07) is 2.43. The lowest BCUT2D eigenvalue weighted by molar-refractivity contribution is -0.138. The van der Waals surface area contributed by atoms with E-state index >= 15 is 0 Å². The molecule has 1 fully saturated rings. The van der Waals surface area contributed by atoms with Crippen LogP contribution >= 0.6 is 0 Å². The quantitative estimate of drug-likeness (QED) is 0.756. The second kappa shape index (κ2) is 4.18. The van der Waals surface area contributed by atoms with Crippen molar-refractivity contribution in [3.63, 3.8) is 0 Å². The molecule has 0 radical (unpaired) electrons. The Balaban J connectivity index is 2.02. The molecule has 0 unspecified atom stereocenters. The first-order valence-electron chi connectivity index (χ1n) is 4.84. The van der Waals surface area contributed by atoms with Crippen LogP contribution in [0, 0.1) is 0 Å². The van der Waals surface area contributed by atoms with Crippen molar-refractivity contribution < 1.29 is 14.7 Å². The van der Waals surface area contributed by atoms with Gasteiger partial charge < -0.3 is 15.3 Å². The van der Waals surface area contributed by atoms with Crippen LogP contribution in [0.15, 0.2) is 24.5 Å². The van der Waals surface area contributed by atoms with Gasteiger partial charge in [0.2, 0.25) is 0 Å². The number of urea groups is 1. The van der Waals surface area contributed by atoms with Crippen molar-refractivity contribution in [2.45, 2.75) is 12.6 Å². The molecule has 0 saturated carbocycles. The Morgan fingerprint density at radius 3 is 2.81 bits per heavy atom. The summed E-state index contributed by atoms with van der Waals surface area (Å²) >= 11 is 0. The number of rotatable bonds is 3. The predicted molar refractivity (Wildman–Crippen MR) is 54.6 cm³/mol. The van der Waals surface area contributed by atoms with Crippen LogP contribution in [0.1, 0.15) is 5.56 Å². The number of carbonyl (C=O) groups is 2. The van der Waals surface area contributed by atoms with Crippen LogP contribution in [-0.4, -0.2) is 39.6 Å². The number of pyridine rings is 1. The molecule has 1 aliphatic rings. The molecule has 1 aromatic heterocycles. The van der Waals surface area contributed by atoms with Crippen LogP contribution in [0.2, 0.25) is 0 Å². The van der Waals surface area contributed by atoms with Gasteiger partial charge in [0.1, 0.15) is 6.04 Å². The molecular formula is C10H11N3O3. The summed E-state index contributed by atoms with van der Waals surface area (Å²) in [6.45, 7) is 0.592. The van der Waals surface area contributed by atoms with E-state index in [1.165, 1.54) is 4.90 Å². The Kier molecular flexibility index (Phi) is 2.72. The number of carboxylic acids is 1. The number of nitrogens with one attached hydrogen (secondary N) is 1. The lowest BCUT2D eigenvalue weighted by Crippen LogP contribution is -2.33. The van der Waals surface area contributed by atoms with Gasteiger partial charge in [0.05, 0.1) is 6.54 Å². The molecule has 0 spiro atoms. The SMILES string of the molecule is O=C(O)[C@H]1CN(Cc2ccncc2)C(=O)N1. The van der Waals surface area contributed by atoms with E-state index in [9.17, 15) is 9.59 Å². The van der Waals surface area contributed by atoms with E-state index in [2.05, 4.69) is 10.3 Å². The van der Waals surface area contributed by atoms with Gasteiger partial charge in [0, 0.05) is 18.9 Å². The lowest BCUT2D eigenvalue weighted by atomic mass is 10.2. The molecule has 2 heterocycles. The third kappa shape index (κ3) is 2.10. The zero-order valence-electron chi connectivity index (χ0n) is 8.46. The van der Waals surface area contributed by atoms with Gasteiger partial charge in [0.15, 0.2) is 0 Å². The van der Waals surface area contributed by atoms with E-state index in [1.54, 1.807) is 24.5 Å². The van der Waals surface area contributed by atoms with Gasteiger partial charge in [-0.15, -0.1) is 0 Å². The smallest absolute Gasteiger partial charge is 0.328 e. The second-order valence-corrected chi connectivity index (χ2v) is 3.58. The van der Waals surface area contributed by atoms with E-state index in [-0.39, 0.29) is 12.6 Å². The van der Waals surface area contributed by atoms with Crippen molar-refractivity contribution in [1.82, 2.24) is 15.2 Å². The van der Waals surface area contributed by atoms with E-state index in [0.717, 1.165) is 5.56 Å². The fraction of sp³-hybridized carbons (Fsp3) is 0.300. The van der Waals surface area contributed by atoms with E-state index in [1.807, 2.05) is 0 Å². The zero-order chi connectivity index (χ0) is 11.5. The van der Waals surface area contributed by atoms with Crippen LogP contribution in [0.25, 0.3) is 0 Å². The molecule has 1 aliphatic heterocycles. The van der Waals surface area contributed by atoms with Crippen LogP contribution in [0.3, 0.4) is 0 Å². The maximum Gasteiger partial charge on any atom is 0.328 e. The number of amides is 2. The van der Waals surface area contributed by atoms with Crippen molar-refractivity contribution in [1.29, 1.82) is 0 Å². The first-order valence-corrected chi connectivity index (χ1v) is 4.84. The van der Waals surface area contributed by atoms with Crippen LogP contribution in [-0.2, 0) is 11.3 Å². The topological polar surface area (TPSA) is 82.5 Å². The molecule has 2 rings (SSSR count). The summed E-state index contributed by atoms with van der Waals surface area (Å²) in [7, 11) is 0. The van der Waals surface area contributed by atoms with Crippen LogP contribution in [0.5, 0.6) is 0 Å². The van der Waals surface area contributed by atoms with Crippen LogP contribution in [0.4, 0.5) is 4.79 Å². The van der Waals surface area contributed by atoms with Crippen LogP contribution < -0.4 is 5.32 Å². The first-order chi connectivity index (χ1) is 7.66. The lowest BCUT2D eigenvalue weighted by Gasteiger charge is -2.13. The van der Waals surface area contributed by atoms with E-state index in [0.29, 0.717) is 6.54 Å². The molecule has 0 aliphatic carbocycles. The number of carboxylic acid groups (broad SMARTS) is 1. The highest BCUT2D eigenvalue weighted by Crippen LogP contribution is 2.09. The largest absolute Gasteiger partial charge is 0.480 e. The Bertz CT molecular complexity index is 407. The minimum atomic E-state index is -1.01. The Hall–Kier alpha value is -2.11. The van der Waals surface area contributed by atoms with Gasteiger partial charge in [0.25, 0.3) is 0 Å². The zero-order valence-corrected chi connectivity index (χ0v) is 8.46.